The normalized spacial score (nSPS) is 10.4. The van der Waals surface area contributed by atoms with Crippen molar-refractivity contribution in [1.29, 1.82) is 0 Å². The quantitative estimate of drug-likeness (QED) is 0.399. The average Bonchev–Trinajstić information content (AvgIpc) is 2.72. The maximum absolute atomic E-state index is 11.5. The number of carbonyl (C=O) groups excluding carboxylic acids is 1. The molecule has 8 heteroatoms. The number of halogens is 2. The van der Waals surface area contributed by atoms with Crippen molar-refractivity contribution in [2.24, 2.45) is 0 Å². The molecule has 31 heavy (non-hydrogen) atoms. The molecule has 0 saturated heterocycles. The van der Waals surface area contributed by atoms with Crippen LogP contribution < -0.4 is 9.47 Å². The first kappa shape index (κ1) is 27.0. The first-order valence-electron chi connectivity index (χ1n) is 9.54. The topological polar surface area (TPSA) is 82.1 Å². The third-order valence-corrected chi connectivity index (χ3v) is 5.89. The number of benzene rings is 2. The molecule has 0 atom stereocenters. The Kier molecular flexibility index (Phi) is 10.5. The predicted molar refractivity (Wildman–Crippen MR) is 128 cm³/mol. The number of ether oxygens (including phenoxy) is 3. The number of carboxylic acids is 1. The van der Waals surface area contributed by atoms with E-state index in [-0.39, 0.29) is 5.56 Å². The molecule has 0 fully saturated rings. The number of carbonyl (C=O) groups is 2. The van der Waals surface area contributed by atoms with Gasteiger partial charge in [-0.15, -0.1) is 0 Å². The third kappa shape index (κ3) is 6.97. The Morgan fingerprint density at radius 3 is 1.48 bits per heavy atom. The van der Waals surface area contributed by atoms with Gasteiger partial charge < -0.3 is 19.3 Å². The van der Waals surface area contributed by atoms with Crippen molar-refractivity contribution in [3.63, 3.8) is 0 Å². The molecule has 0 radical (unpaired) electrons. The maximum atomic E-state index is 11.5. The van der Waals surface area contributed by atoms with E-state index < -0.39 is 11.9 Å². The molecule has 0 saturated carbocycles. The van der Waals surface area contributed by atoms with Crippen LogP contribution in [0.15, 0.2) is 33.2 Å². The standard InChI is InChI=1S/C12H15BrO3.C11H13BrO3/c1-7(2)8-6-11(15-3)9(5-10(8)13)12(14)16-4;1-6(2)7-5-10(15-3)8(11(13)14)4-9(7)12/h5-7H,1-4H3;4-6H,1-3H3,(H,13,14). The molecule has 0 amide bonds. The molecule has 0 aliphatic carbocycles. The van der Waals surface area contributed by atoms with E-state index in [0.29, 0.717) is 28.9 Å². The van der Waals surface area contributed by atoms with Gasteiger partial charge in [-0.25, -0.2) is 9.59 Å². The van der Waals surface area contributed by atoms with Crippen molar-refractivity contribution in [2.75, 3.05) is 21.3 Å². The van der Waals surface area contributed by atoms with Crippen molar-refractivity contribution >= 4 is 43.8 Å². The fourth-order valence-corrected chi connectivity index (χ4v) is 4.40. The van der Waals surface area contributed by atoms with E-state index in [0.717, 1.165) is 20.1 Å². The van der Waals surface area contributed by atoms with E-state index in [1.165, 1.54) is 14.2 Å². The van der Waals surface area contributed by atoms with E-state index in [4.69, 9.17) is 19.3 Å². The van der Waals surface area contributed by atoms with Crippen LogP contribution in [0.1, 0.15) is 71.4 Å². The van der Waals surface area contributed by atoms with E-state index in [1.54, 1.807) is 25.3 Å². The van der Waals surface area contributed by atoms with Gasteiger partial charge in [0.05, 0.1) is 21.3 Å². The summed E-state index contributed by atoms with van der Waals surface area (Å²) in [6.07, 6.45) is 0. The van der Waals surface area contributed by atoms with Gasteiger partial charge in [0.1, 0.15) is 22.6 Å². The SMILES string of the molecule is COC(=O)c1cc(Br)c(C(C)C)cc1OC.COc1cc(C(C)C)c(Br)cc1C(=O)O. The zero-order valence-corrected chi connectivity index (χ0v) is 21.9. The number of carboxylic acid groups (broad SMARTS) is 1. The lowest BCUT2D eigenvalue weighted by molar-refractivity contribution is 0.0596. The number of rotatable bonds is 6. The summed E-state index contributed by atoms with van der Waals surface area (Å²) in [5.74, 6) is 0.231. The van der Waals surface area contributed by atoms with Crippen molar-refractivity contribution in [2.45, 2.75) is 39.5 Å². The molecule has 2 aromatic carbocycles. The molecule has 0 aliphatic heterocycles. The Morgan fingerprint density at radius 2 is 1.16 bits per heavy atom. The summed E-state index contributed by atoms with van der Waals surface area (Å²) in [7, 11) is 4.37. The maximum Gasteiger partial charge on any atom is 0.341 e. The monoisotopic (exact) mass is 558 g/mol. The van der Waals surface area contributed by atoms with E-state index in [1.807, 2.05) is 19.9 Å². The molecule has 6 nitrogen and oxygen atoms in total. The molecule has 0 unspecified atom stereocenters. The number of aromatic carboxylic acids is 1. The first-order valence-corrected chi connectivity index (χ1v) is 11.1. The van der Waals surface area contributed by atoms with Crippen LogP contribution in [-0.4, -0.2) is 38.4 Å². The molecule has 0 heterocycles. The van der Waals surface area contributed by atoms with Gasteiger partial charge in [0.2, 0.25) is 0 Å². The summed E-state index contributed by atoms with van der Waals surface area (Å²) in [6, 6.07) is 6.94. The summed E-state index contributed by atoms with van der Waals surface area (Å²) in [5.41, 5.74) is 2.75. The summed E-state index contributed by atoms with van der Waals surface area (Å²) in [4.78, 5) is 22.4. The zero-order valence-electron chi connectivity index (χ0n) is 18.7. The Balaban J connectivity index is 0.000000311. The van der Waals surface area contributed by atoms with E-state index in [9.17, 15) is 9.59 Å². The lowest BCUT2D eigenvalue weighted by Crippen LogP contribution is -2.05. The Bertz CT molecular complexity index is 938. The van der Waals surface area contributed by atoms with E-state index in [2.05, 4.69) is 45.7 Å². The van der Waals surface area contributed by atoms with Crippen LogP contribution in [0.4, 0.5) is 0 Å². The highest BCUT2D eigenvalue weighted by Gasteiger charge is 2.17. The van der Waals surface area contributed by atoms with Crippen LogP contribution in [0.3, 0.4) is 0 Å². The Labute approximate surface area is 200 Å². The molecule has 1 N–H and O–H groups in total. The van der Waals surface area contributed by atoms with E-state index >= 15 is 0 Å². The predicted octanol–water partition coefficient (Wildman–Crippen LogP) is 6.65. The average molecular weight is 560 g/mol. The van der Waals surface area contributed by atoms with Crippen LogP contribution in [0.25, 0.3) is 0 Å². The first-order chi connectivity index (χ1) is 14.5. The highest BCUT2D eigenvalue weighted by atomic mass is 79.9. The van der Waals surface area contributed by atoms with Crippen LogP contribution in [0.2, 0.25) is 0 Å². The second-order valence-corrected chi connectivity index (χ2v) is 8.96. The zero-order chi connectivity index (χ0) is 23.9. The van der Waals surface area contributed by atoms with Gasteiger partial charge in [0.15, 0.2) is 0 Å². The Morgan fingerprint density at radius 1 is 0.774 bits per heavy atom. The minimum atomic E-state index is -0.983. The summed E-state index contributed by atoms with van der Waals surface area (Å²) in [6.45, 7) is 8.24. The number of hydrogen-bond donors (Lipinski definition) is 1. The van der Waals surface area contributed by atoms with Gasteiger partial charge in [-0.1, -0.05) is 59.6 Å². The fraction of sp³-hybridized carbons (Fsp3) is 0.391. The van der Waals surface area contributed by atoms with Crippen molar-refractivity contribution in [3.8, 4) is 11.5 Å². The summed E-state index contributed by atoms with van der Waals surface area (Å²) < 4.78 is 16.6. The third-order valence-electron chi connectivity index (χ3n) is 4.52. The largest absolute Gasteiger partial charge is 0.496 e. The van der Waals surface area contributed by atoms with Gasteiger partial charge in [-0.2, -0.15) is 0 Å². The molecule has 2 rings (SSSR count). The minimum absolute atomic E-state index is 0.175. The number of hydrogen-bond acceptors (Lipinski definition) is 5. The molecular formula is C23H28Br2O6. The van der Waals surface area contributed by atoms with Crippen LogP contribution in [-0.2, 0) is 4.74 Å². The van der Waals surface area contributed by atoms with Crippen molar-refractivity contribution in [1.82, 2.24) is 0 Å². The van der Waals surface area contributed by atoms with Crippen LogP contribution in [0.5, 0.6) is 11.5 Å². The molecule has 0 aliphatic rings. The van der Waals surface area contributed by atoms with Crippen molar-refractivity contribution < 1.29 is 28.9 Å². The second-order valence-electron chi connectivity index (χ2n) is 7.25. The molecule has 0 aromatic heterocycles. The Hall–Kier alpha value is -2.06. The van der Waals surface area contributed by atoms with Gasteiger partial charge in [-0.05, 0) is 47.2 Å². The molecule has 2 aromatic rings. The smallest absolute Gasteiger partial charge is 0.341 e. The van der Waals surface area contributed by atoms with Crippen molar-refractivity contribution in [3.05, 3.63) is 55.5 Å². The van der Waals surface area contributed by atoms with Gasteiger partial charge in [0.25, 0.3) is 0 Å². The molecule has 0 bridgehead atoms. The number of methoxy groups -OCH3 is 3. The highest BCUT2D eigenvalue weighted by Crippen LogP contribution is 2.33. The van der Waals surface area contributed by atoms with Crippen LogP contribution >= 0.6 is 31.9 Å². The highest BCUT2D eigenvalue weighted by molar-refractivity contribution is 9.10. The summed E-state index contributed by atoms with van der Waals surface area (Å²) >= 11 is 6.81. The molecule has 0 spiro atoms. The van der Waals surface area contributed by atoms with Gasteiger partial charge in [0, 0.05) is 8.95 Å². The summed E-state index contributed by atoms with van der Waals surface area (Å²) in [5, 5.41) is 8.95. The van der Waals surface area contributed by atoms with Gasteiger partial charge >= 0.3 is 11.9 Å². The second kappa shape index (κ2) is 12.1. The fourth-order valence-electron chi connectivity index (χ4n) is 2.80. The lowest BCUT2D eigenvalue weighted by atomic mass is 10.0. The molecule has 170 valence electrons. The lowest BCUT2D eigenvalue weighted by Gasteiger charge is -2.13. The van der Waals surface area contributed by atoms with Crippen LogP contribution in [0, 0.1) is 0 Å². The number of esters is 1. The minimum Gasteiger partial charge on any atom is -0.496 e. The van der Waals surface area contributed by atoms with Gasteiger partial charge in [-0.3, -0.25) is 0 Å². The molecular weight excluding hydrogens is 532 g/mol.